The smallest absolute Gasteiger partial charge is 0.296 e. The van der Waals surface area contributed by atoms with Crippen LogP contribution < -0.4 is 37.7 Å². The van der Waals surface area contributed by atoms with Crippen LogP contribution in [0.25, 0.3) is 32.3 Å². The van der Waals surface area contributed by atoms with Crippen LogP contribution in [-0.4, -0.2) is 70.0 Å². The molecule has 0 spiro atoms. The number of nitrogens with one attached hydrogen (secondary N) is 4. The lowest BCUT2D eigenvalue weighted by Gasteiger charge is -2.16. The number of amides is 1. The van der Waals surface area contributed by atoms with Crippen molar-refractivity contribution in [2.45, 2.75) is 26.5 Å². The molecule has 0 unspecified atom stereocenters. The third kappa shape index (κ3) is 11.7. The zero-order chi connectivity index (χ0) is 52.5. The topological polar surface area (TPSA) is 389 Å². The summed E-state index contributed by atoms with van der Waals surface area (Å²) in [5.41, 5.74) is 19.4. The molecule has 0 aromatic heterocycles. The van der Waals surface area contributed by atoms with E-state index in [-0.39, 0.29) is 71.1 Å². The SMILES string of the molecule is COc1ccc(NC(C)=O)cc1N.Nc1ccc(NNc2ccc(N=Nc3c(S(=O)(=O)O)cc4ccc(Nc5cccc(S(=O)(=O)O)c5)cc4c3O)c3ccc(S(=O)(=O)O)cc23)c2ccc(S(=O)(=O)O)cc12. The van der Waals surface area contributed by atoms with Gasteiger partial charge >= 0.3 is 0 Å². The number of benzene rings is 8. The summed E-state index contributed by atoms with van der Waals surface area (Å²) in [7, 11) is -17.3. The van der Waals surface area contributed by atoms with Crippen LogP contribution >= 0.6 is 0 Å². The van der Waals surface area contributed by atoms with Gasteiger partial charge in [0.05, 0.1) is 44.5 Å². The second kappa shape index (κ2) is 19.9. The van der Waals surface area contributed by atoms with Crippen molar-refractivity contribution in [3.8, 4) is 11.5 Å². The first kappa shape index (κ1) is 51.7. The number of anilines is 7. The molecular formula is C45H40N8O15S4. The highest BCUT2D eigenvalue weighted by Gasteiger charge is 2.23. The van der Waals surface area contributed by atoms with Crippen LogP contribution in [0.5, 0.6) is 11.5 Å². The maximum absolute atomic E-state index is 12.5. The first-order chi connectivity index (χ1) is 33.7. The molecule has 72 heavy (non-hydrogen) atoms. The number of phenolic OH excluding ortho intramolecular Hbond substituents is 1. The highest BCUT2D eigenvalue weighted by Crippen LogP contribution is 2.44. The van der Waals surface area contributed by atoms with Crippen LogP contribution in [0.1, 0.15) is 6.92 Å². The van der Waals surface area contributed by atoms with Crippen molar-refractivity contribution in [1.82, 2.24) is 0 Å². The van der Waals surface area contributed by atoms with Gasteiger partial charge in [0.25, 0.3) is 40.5 Å². The molecule has 0 bridgehead atoms. The van der Waals surface area contributed by atoms with Gasteiger partial charge in [0.1, 0.15) is 16.3 Å². The molecule has 374 valence electrons. The van der Waals surface area contributed by atoms with E-state index in [1.165, 1.54) is 85.8 Å². The number of phenols is 1. The lowest BCUT2D eigenvalue weighted by atomic mass is 10.1. The molecule has 0 aliphatic carbocycles. The van der Waals surface area contributed by atoms with Crippen molar-refractivity contribution in [2.24, 2.45) is 10.2 Å². The van der Waals surface area contributed by atoms with Crippen LogP contribution in [0.15, 0.2) is 157 Å². The van der Waals surface area contributed by atoms with Crippen molar-refractivity contribution in [3.05, 3.63) is 127 Å². The number of nitrogens with zero attached hydrogens (tertiary/aromatic N) is 2. The predicted octanol–water partition coefficient (Wildman–Crippen LogP) is 8.25. The molecule has 8 rings (SSSR count). The number of fused-ring (bicyclic) bond motifs is 3. The molecule has 0 aliphatic heterocycles. The summed E-state index contributed by atoms with van der Waals surface area (Å²) in [5.74, 6) is -0.243. The summed E-state index contributed by atoms with van der Waals surface area (Å²) in [6.45, 7) is 1.44. The zero-order valence-electron chi connectivity index (χ0n) is 37.1. The van der Waals surface area contributed by atoms with Crippen LogP contribution in [0.2, 0.25) is 0 Å². The number of nitrogens with two attached hydrogens (primary N) is 2. The fourth-order valence-corrected chi connectivity index (χ4v) is 9.35. The minimum Gasteiger partial charge on any atom is -0.505 e. The summed E-state index contributed by atoms with van der Waals surface area (Å²) < 4.78 is 140. The maximum atomic E-state index is 12.5. The molecule has 13 N–H and O–H groups in total. The molecule has 23 nitrogen and oxygen atoms in total. The Kier molecular flexibility index (Phi) is 14.3. The summed E-state index contributed by atoms with van der Waals surface area (Å²) in [6, 6.07) is 28.7. The standard InChI is InChI=1S/C36H28N6O13S4.C9H12N2O2/c37-30-10-11-31(25-8-6-23(17-28(25)30)57(47,48)49)39-40-33-13-12-32(26-9-7-24(18-29(26)33)58(50,51)52)41-42-35-34(59(53,54)55)14-19-4-5-21(16-27(19)36(35)43)38-20-2-1-3-22(15-20)56(44,45)46;1-6(12)11-7-3-4-9(13-2)8(10)5-7/h1-18,38-40,43H,37H2,(H,44,45,46)(H,47,48,49)(H,50,51,52)(H,53,54,55);3-5H,10H2,1-2H3,(H,11,12). The Morgan fingerprint density at radius 3 is 1.74 bits per heavy atom. The first-order valence-corrected chi connectivity index (χ1v) is 26.1. The molecule has 1 amide bonds. The second-order valence-corrected chi connectivity index (χ2v) is 21.1. The number of ether oxygens (including phenoxy) is 1. The van der Waals surface area contributed by atoms with Crippen LogP contribution in [0.4, 0.5) is 51.2 Å². The van der Waals surface area contributed by atoms with Crippen LogP contribution in [0.3, 0.4) is 0 Å². The number of azo groups is 1. The number of rotatable bonds is 13. The van der Waals surface area contributed by atoms with Crippen LogP contribution in [0, 0.1) is 0 Å². The van der Waals surface area contributed by atoms with E-state index in [0.717, 1.165) is 24.3 Å². The number of hydrazine groups is 1. The predicted molar refractivity (Wildman–Crippen MR) is 270 cm³/mol. The fourth-order valence-electron chi connectivity index (χ4n) is 7.15. The van der Waals surface area contributed by atoms with Gasteiger partial charge in [0, 0.05) is 56.6 Å². The Hall–Kier alpha value is -8.15. The third-order valence-electron chi connectivity index (χ3n) is 10.5. The van der Waals surface area contributed by atoms with Gasteiger partial charge in [0.15, 0.2) is 5.75 Å². The number of carbonyl (C=O) groups excluding carboxylic acids is 1. The normalized spacial score (nSPS) is 12.1. The van der Waals surface area contributed by atoms with Crippen molar-refractivity contribution in [2.75, 3.05) is 40.1 Å². The van der Waals surface area contributed by atoms with Gasteiger partial charge in [-0.25, -0.2) is 0 Å². The molecule has 0 atom stereocenters. The van der Waals surface area contributed by atoms with Crippen molar-refractivity contribution in [1.29, 1.82) is 0 Å². The monoisotopic (exact) mass is 1060 g/mol. The molecule has 0 heterocycles. The largest absolute Gasteiger partial charge is 0.505 e. The second-order valence-electron chi connectivity index (χ2n) is 15.4. The Labute approximate surface area is 410 Å². The average molecular weight is 1060 g/mol. The van der Waals surface area contributed by atoms with E-state index in [4.69, 9.17) is 16.2 Å². The number of nitrogen functional groups attached to an aromatic ring is 2. The van der Waals surface area contributed by atoms with Gasteiger partial charge in [-0.1, -0.05) is 24.3 Å². The van der Waals surface area contributed by atoms with E-state index < -0.39 is 61.7 Å². The van der Waals surface area contributed by atoms with E-state index in [2.05, 4.69) is 31.7 Å². The number of carbonyl (C=O) groups is 1. The highest BCUT2D eigenvalue weighted by atomic mass is 32.2. The molecule has 0 aliphatic rings. The van der Waals surface area contributed by atoms with Crippen molar-refractivity contribution in [3.63, 3.8) is 0 Å². The summed E-state index contributed by atoms with van der Waals surface area (Å²) in [4.78, 5) is 8.60. The molecule has 0 saturated heterocycles. The Bertz CT molecular complexity index is 4010. The Morgan fingerprint density at radius 1 is 0.542 bits per heavy atom. The minimum absolute atomic E-state index is 0.00182. The van der Waals surface area contributed by atoms with Crippen molar-refractivity contribution >= 4 is 130 Å². The Balaban J connectivity index is 0.000000509. The van der Waals surface area contributed by atoms with Gasteiger partial charge in [-0.2, -0.15) is 33.7 Å². The third-order valence-corrected chi connectivity index (χ3v) is 13.9. The molecule has 0 fully saturated rings. The number of methoxy groups -OCH3 is 1. The molecule has 8 aromatic rings. The van der Waals surface area contributed by atoms with E-state index in [9.17, 15) is 61.8 Å². The van der Waals surface area contributed by atoms with E-state index in [1.54, 1.807) is 31.4 Å². The summed E-state index contributed by atoms with van der Waals surface area (Å²) in [6.07, 6.45) is 0. The van der Waals surface area contributed by atoms with Gasteiger partial charge in [-0.3, -0.25) is 23.0 Å². The average Bonchev–Trinajstić information content (AvgIpc) is 3.30. The molecule has 0 saturated carbocycles. The zero-order valence-corrected chi connectivity index (χ0v) is 40.4. The van der Waals surface area contributed by atoms with E-state index in [0.29, 0.717) is 28.2 Å². The number of aromatic hydroxyl groups is 1. The lowest BCUT2D eigenvalue weighted by Crippen LogP contribution is -2.10. The summed E-state index contributed by atoms with van der Waals surface area (Å²) >= 11 is 0. The molecule has 27 heteroatoms. The number of hydrogen-bond donors (Lipinski definition) is 11. The lowest BCUT2D eigenvalue weighted by molar-refractivity contribution is -0.114. The Morgan fingerprint density at radius 2 is 1.12 bits per heavy atom. The van der Waals surface area contributed by atoms with Gasteiger partial charge in [0.2, 0.25) is 5.91 Å². The van der Waals surface area contributed by atoms with E-state index in [1.807, 2.05) is 0 Å². The minimum atomic E-state index is -5.04. The molecular weight excluding hydrogens is 1020 g/mol. The quantitative estimate of drug-likeness (QED) is 0.0224. The van der Waals surface area contributed by atoms with Crippen LogP contribution in [-0.2, 0) is 45.3 Å². The molecule has 0 radical (unpaired) electrons. The molecule has 8 aromatic carbocycles. The summed E-state index contributed by atoms with van der Waals surface area (Å²) in [5, 5.41) is 26.3. The van der Waals surface area contributed by atoms with E-state index >= 15 is 0 Å². The van der Waals surface area contributed by atoms with Gasteiger partial charge in [-0.05, 0) is 109 Å². The van der Waals surface area contributed by atoms with Gasteiger partial charge in [-0.15, -0.1) is 10.2 Å². The fraction of sp³-hybridized carbons (Fsp3) is 0.0444. The van der Waals surface area contributed by atoms with Crippen molar-refractivity contribution < 1.29 is 66.5 Å². The van der Waals surface area contributed by atoms with Gasteiger partial charge < -0.3 is 42.8 Å². The highest BCUT2D eigenvalue weighted by molar-refractivity contribution is 7.86. The number of hydrogen-bond acceptors (Lipinski definition) is 18. The first-order valence-electron chi connectivity index (χ1n) is 20.3. The maximum Gasteiger partial charge on any atom is 0.296 e.